The lowest BCUT2D eigenvalue weighted by Crippen LogP contribution is -2.16. The molecule has 0 unspecified atom stereocenters. The van der Waals surface area contributed by atoms with Gasteiger partial charge >= 0.3 is 0 Å². The third-order valence-electron chi connectivity index (χ3n) is 4.14. The summed E-state index contributed by atoms with van der Waals surface area (Å²) < 4.78 is 0. The first-order chi connectivity index (χ1) is 12.4. The minimum absolute atomic E-state index is 0.0219. The van der Waals surface area contributed by atoms with Gasteiger partial charge in [0.1, 0.15) is 11.6 Å². The average molecular weight is 368 g/mol. The molecule has 0 aliphatic rings. The summed E-state index contributed by atoms with van der Waals surface area (Å²) in [6.07, 6.45) is 2.18. The van der Waals surface area contributed by atoms with Crippen LogP contribution in [-0.2, 0) is 11.2 Å². The molecule has 1 amide bonds. The summed E-state index contributed by atoms with van der Waals surface area (Å²) in [6.45, 7) is 7.83. The van der Waals surface area contributed by atoms with E-state index in [0.717, 1.165) is 34.4 Å². The summed E-state index contributed by atoms with van der Waals surface area (Å²) in [4.78, 5) is 12.5. The summed E-state index contributed by atoms with van der Waals surface area (Å²) >= 11 is 6.26. The number of nitriles is 1. The summed E-state index contributed by atoms with van der Waals surface area (Å²) in [5, 5.41) is 15.8. The van der Waals surface area contributed by atoms with Crippen LogP contribution in [0.3, 0.4) is 0 Å². The van der Waals surface area contributed by atoms with E-state index in [-0.39, 0.29) is 5.57 Å². The van der Waals surface area contributed by atoms with E-state index in [1.165, 1.54) is 6.20 Å². The zero-order valence-corrected chi connectivity index (χ0v) is 16.2. The molecule has 5 heteroatoms. The van der Waals surface area contributed by atoms with Crippen molar-refractivity contribution in [1.82, 2.24) is 0 Å². The van der Waals surface area contributed by atoms with Crippen LogP contribution in [0.1, 0.15) is 29.2 Å². The van der Waals surface area contributed by atoms with Crippen LogP contribution < -0.4 is 10.6 Å². The molecule has 0 aliphatic carbocycles. The minimum atomic E-state index is -0.454. The highest BCUT2D eigenvalue weighted by atomic mass is 35.5. The molecule has 0 saturated heterocycles. The molecule has 134 valence electrons. The lowest BCUT2D eigenvalue weighted by atomic mass is 10.1. The number of para-hydroxylation sites is 1. The van der Waals surface area contributed by atoms with E-state index >= 15 is 0 Å². The van der Waals surface area contributed by atoms with E-state index in [0.29, 0.717) is 10.7 Å². The van der Waals surface area contributed by atoms with Crippen LogP contribution in [0.25, 0.3) is 0 Å². The molecule has 0 fully saturated rings. The summed E-state index contributed by atoms with van der Waals surface area (Å²) in [5.74, 6) is -0.454. The van der Waals surface area contributed by atoms with E-state index in [9.17, 15) is 10.1 Å². The Morgan fingerprint density at radius 2 is 1.92 bits per heavy atom. The average Bonchev–Trinajstić information content (AvgIpc) is 2.58. The highest BCUT2D eigenvalue weighted by Crippen LogP contribution is 2.27. The van der Waals surface area contributed by atoms with E-state index < -0.39 is 5.91 Å². The number of carbonyl (C=O) groups is 1. The standard InChI is InChI=1S/C21H22ClN3O/c1-5-16-8-6-7-14(3)19(16)25-21(26)17(11-23)12-24-20-15(4)9-13(2)10-18(20)22/h6-10,12,24H,5H2,1-4H3,(H,25,26)/b17-12-. The van der Waals surface area contributed by atoms with Gasteiger partial charge in [-0.15, -0.1) is 0 Å². The Morgan fingerprint density at radius 1 is 1.19 bits per heavy atom. The minimum Gasteiger partial charge on any atom is -0.359 e. The number of rotatable bonds is 5. The lowest BCUT2D eigenvalue weighted by Gasteiger charge is -2.13. The number of hydrogen-bond donors (Lipinski definition) is 2. The molecule has 0 radical (unpaired) electrons. The fourth-order valence-corrected chi connectivity index (χ4v) is 3.15. The third kappa shape index (κ3) is 4.44. The van der Waals surface area contributed by atoms with Gasteiger partial charge in [-0.2, -0.15) is 5.26 Å². The number of anilines is 2. The van der Waals surface area contributed by atoms with Crippen LogP contribution in [0.5, 0.6) is 0 Å². The van der Waals surface area contributed by atoms with Crippen LogP contribution >= 0.6 is 11.6 Å². The second kappa shape index (κ2) is 8.55. The Bertz CT molecular complexity index is 887. The van der Waals surface area contributed by atoms with Crippen molar-refractivity contribution < 1.29 is 4.79 Å². The van der Waals surface area contributed by atoms with Gasteiger partial charge in [0.15, 0.2) is 0 Å². The first-order valence-electron chi connectivity index (χ1n) is 8.40. The van der Waals surface area contributed by atoms with Crippen LogP contribution in [0.15, 0.2) is 42.1 Å². The summed E-state index contributed by atoms with van der Waals surface area (Å²) in [7, 11) is 0. The first kappa shape index (κ1) is 19.6. The molecule has 0 saturated carbocycles. The second-order valence-corrected chi connectivity index (χ2v) is 6.58. The second-order valence-electron chi connectivity index (χ2n) is 6.17. The van der Waals surface area contributed by atoms with Gasteiger partial charge in [0, 0.05) is 11.9 Å². The topological polar surface area (TPSA) is 64.9 Å². The van der Waals surface area contributed by atoms with Gasteiger partial charge < -0.3 is 10.6 Å². The van der Waals surface area contributed by atoms with Crippen molar-refractivity contribution in [3.63, 3.8) is 0 Å². The molecule has 2 aromatic carbocycles. The lowest BCUT2D eigenvalue weighted by molar-refractivity contribution is -0.112. The monoisotopic (exact) mass is 367 g/mol. The molecule has 26 heavy (non-hydrogen) atoms. The first-order valence-corrected chi connectivity index (χ1v) is 8.78. The van der Waals surface area contributed by atoms with Crippen molar-refractivity contribution in [2.75, 3.05) is 10.6 Å². The number of carbonyl (C=O) groups excluding carboxylic acids is 1. The van der Waals surface area contributed by atoms with Crippen molar-refractivity contribution in [3.05, 3.63) is 69.4 Å². The smallest absolute Gasteiger partial charge is 0.267 e. The predicted molar refractivity (Wildman–Crippen MR) is 107 cm³/mol. The Labute approximate surface area is 159 Å². The Hall–Kier alpha value is -2.77. The maximum atomic E-state index is 12.5. The van der Waals surface area contributed by atoms with Crippen molar-refractivity contribution >= 4 is 28.9 Å². The molecular weight excluding hydrogens is 346 g/mol. The molecule has 0 aliphatic heterocycles. The number of aryl methyl sites for hydroxylation is 4. The normalized spacial score (nSPS) is 11.0. The quantitative estimate of drug-likeness (QED) is 0.557. The van der Waals surface area contributed by atoms with E-state index in [1.54, 1.807) is 0 Å². The molecule has 2 rings (SSSR count). The summed E-state index contributed by atoms with van der Waals surface area (Å²) in [6, 6.07) is 11.6. The fraction of sp³-hybridized carbons (Fsp3) is 0.238. The number of benzene rings is 2. The molecule has 2 N–H and O–H groups in total. The highest BCUT2D eigenvalue weighted by Gasteiger charge is 2.13. The van der Waals surface area contributed by atoms with Crippen molar-refractivity contribution in [1.29, 1.82) is 5.26 Å². The van der Waals surface area contributed by atoms with Gasteiger partial charge in [0.25, 0.3) is 5.91 Å². The number of hydrogen-bond acceptors (Lipinski definition) is 3. The van der Waals surface area contributed by atoms with Gasteiger partial charge in [0.2, 0.25) is 0 Å². The zero-order valence-electron chi connectivity index (χ0n) is 15.4. The van der Waals surface area contributed by atoms with Crippen LogP contribution in [0, 0.1) is 32.1 Å². The van der Waals surface area contributed by atoms with Crippen molar-refractivity contribution in [2.24, 2.45) is 0 Å². The van der Waals surface area contributed by atoms with Gasteiger partial charge in [-0.05, 0) is 55.5 Å². The number of nitrogens with zero attached hydrogens (tertiary/aromatic N) is 1. The molecule has 0 atom stereocenters. The zero-order chi connectivity index (χ0) is 19.3. The molecule has 0 spiro atoms. The van der Waals surface area contributed by atoms with Crippen molar-refractivity contribution in [2.45, 2.75) is 34.1 Å². The molecule has 4 nitrogen and oxygen atoms in total. The molecule has 0 bridgehead atoms. The SMILES string of the molecule is CCc1cccc(C)c1NC(=O)/C(C#N)=C\Nc1c(C)cc(C)cc1Cl. The van der Waals surface area contributed by atoms with E-state index in [2.05, 4.69) is 10.6 Å². The van der Waals surface area contributed by atoms with E-state index in [4.69, 9.17) is 11.6 Å². The largest absolute Gasteiger partial charge is 0.359 e. The van der Waals surface area contributed by atoms with Gasteiger partial charge in [-0.1, -0.05) is 42.8 Å². The third-order valence-corrected chi connectivity index (χ3v) is 4.43. The predicted octanol–water partition coefficient (Wildman–Crippen LogP) is 5.29. The Morgan fingerprint density at radius 3 is 2.54 bits per heavy atom. The maximum Gasteiger partial charge on any atom is 0.267 e. The number of amides is 1. The van der Waals surface area contributed by atoms with Crippen LogP contribution in [0.4, 0.5) is 11.4 Å². The fourth-order valence-electron chi connectivity index (χ4n) is 2.77. The Balaban J connectivity index is 2.25. The van der Waals surface area contributed by atoms with Crippen LogP contribution in [0.2, 0.25) is 5.02 Å². The highest BCUT2D eigenvalue weighted by molar-refractivity contribution is 6.33. The van der Waals surface area contributed by atoms with Gasteiger partial charge in [0.05, 0.1) is 10.7 Å². The van der Waals surface area contributed by atoms with E-state index in [1.807, 2.05) is 64.1 Å². The maximum absolute atomic E-state index is 12.5. The molecular formula is C21H22ClN3O. The Kier molecular flexibility index (Phi) is 6.43. The van der Waals surface area contributed by atoms with Gasteiger partial charge in [-0.3, -0.25) is 4.79 Å². The summed E-state index contributed by atoms with van der Waals surface area (Å²) in [5.41, 5.74) is 5.39. The molecule has 0 heterocycles. The van der Waals surface area contributed by atoms with Crippen molar-refractivity contribution in [3.8, 4) is 6.07 Å². The number of nitrogens with one attached hydrogen (secondary N) is 2. The van der Waals surface area contributed by atoms with Gasteiger partial charge in [-0.25, -0.2) is 0 Å². The number of halogens is 1. The van der Waals surface area contributed by atoms with Crippen LogP contribution in [-0.4, -0.2) is 5.91 Å². The molecule has 2 aromatic rings. The molecule has 0 aromatic heterocycles.